The van der Waals surface area contributed by atoms with Crippen molar-refractivity contribution in [2.75, 3.05) is 13.2 Å². The molecule has 1 fully saturated rings. The predicted octanol–water partition coefficient (Wildman–Crippen LogP) is 3.82. The minimum Gasteiger partial charge on any atom is -0.492 e. The van der Waals surface area contributed by atoms with Crippen LogP contribution >= 0.6 is 0 Å². The summed E-state index contributed by atoms with van der Waals surface area (Å²) in [6.45, 7) is 1.55. The topological polar surface area (TPSA) is 67.3 Å². The first-order valence-corrected chi connectivity index (χ1v) is 9.32. The third kappa shape index (κ3) is 3.99. The van der Waals surface area contributed by atoms with Crippen molar-refractivity contribution in [3.05, 3.63) is 64.6 Å². The zero-order valence-corrected chi connectivity index (χ0v) is 14.7. The summed E-state index contributed by atoms with van der Waals surface area (Å²) >= 11 is 0. The minimum atomic E-state index is -0.386. The van der Waals surface area contributed by atoms with Crippen molar-refractivity contribution in [1.29, 1.82) is 0 Å². The van der Waals surface area contributed by atoms with E-state index in [0.717, 1.165) is 43.5 Å². The van der Waals surface area contributed by atoms with E-state index in [4.69, 9.17) is 9.15 Å². The summed E-state index contributed by atoms with van der Waals surface area (Å²) < 4.78 is 10.9. The van der Waals surface area contributed by atoms with Gasteiger partial charge < -0.3 is 14.5 Å². The Balaban J connectivity index is 1.23. The molecule has 0 radical (unpaired) electrons. The smallest absolute Gasteiger partial charge is 0.417 e. The van der Waals surface area contributed by atoms with Gasteiger partial charge in [0.15, 0.2) is 5.58 Å². The number of H-pyrrole nitrogens is 1. The van der Waals surface area contributed by atoms with Gasteiger partial charge in [0, 0.05) is 12.6 Å². The summed E-state index contributed by atoms with van der Waals surface area (Å²) in [5.41, 5.74) is 2.70. The highest BCUT2D eigenvalue weighted by Crippen LogP contribution is 2.33. The molecule has 26 heavy (non-hydrogen) atoms. The van der Waals surface area contributed by atoms with Crippen LogP contribution in [0.2, 0.25) is 0 Å². The number of para-hydroxylation sites is 1. The van der Waals surface area contributed by atoms with E-state index >= 15 is 0 Å². The number of hydrogen-bond donors (Lipinski definition) is 2. The maximum Gasteiger partial charge on any atom is 0.417 e. The van der Waals surface area contributed by atoms with Gasteiger partial charge in [0.05, 0.1) is 5.52 Å². The maximum atomic E-state index is 11.3. The highest BCUT2D eigenvalue weighted by Gasteiger charge is 2.22. The van der Waals surface area contributed by atoms with Gasteiger partial charge in [0.1, 0.15) is 12.4 Å². The fourth-order valence-corrected chi connectivity index (χ4v) is 3.80. The molecule has 0 amide bonds. The van der Waals surface area contributed by atoms with Crippen LogP contribution in [0.25, 0.3) is 11.1 Å². The quantitative estimate of drug-likeness (QED) is 0.662. The van der Waals surface area contributed by atoms with E-state index in [1.807, 2.05) is 42.5 Å². The molecule has 2 aromatic carbocycles. The Hall–Kier alpha value is -2.53. The lowest BCUT2D eigenvalue weighted by Gasteiger charge is -2.29. The largest absolute Gasteiger partial charge is 0.492 e. The van der Waals surface area contributed by atoms with E-state index in [9.17, 15) is 4.79 Å². The first-order chi connectivity index (χ1) is 12.8. The summed E-state index contributed by atoms with van der Waals surface area (Å²) in [7, 11) is 0. The van der Waals surface area contributed by atoms with E-state index in [2.05, 4.69) is 16.4 Å². The second-order valence-electron chi connectivity index (χ2n) is 6.93. The number of hydrogen-bond acceptors (Lipinski definition) is 4. The number of nitrogens with one attached hydrogen (secondary N) is 2. The van der Waals surface area contributed by atoms with Gasteiger partial charge in [-0.2, -0.15) is 0 Å². The molecule has 0 saturated heterocycles. The second-order valence-corrected chi connectivity index (χ2v) is 6.93. The standard InChI is InChI=1S/C21H24N2O3/c24-21-23-19-11-8-16(14-20(19)26-21)15-6-9-17(10-7-15)22-12-13-25-18-4-2-1-3-5-18/h1-5,8,11,14-15,17,22H,6-7,9-10,12-13H2,(H,23,24). The van der Waals surface area contributed by atoms with Gasteiger partial charge >= 0.3 is 5.76 Å². The van der Waals surface area contributed by atoms with Gasteiger partial charge in [-0.3, -0.25) is 4.98 Å². The van der Waals surface area contributed by atoms with Crippen LogP contribution in [0.4, 0.5) is 0 Å². The van der Waals surface area contributed by atoms with E-state index in [1.54, 1.807) is 0 Å². The lowest BCUT2D eigenvalue weighted by molar-refractivity contribution is 0.282. The molecule has 2 N–H and O–H groups in total. The molecular weight excluding hydrogens is 328 g/mol. The maximum absolute atomic E-state index is 11.3. The number of aromatic nitrogens is 1. The molecule has 3 aromatic rings. The number of rotatable bonds is 6. The molecular formula is C21H24N2O3. The first kappa shape index (κ1) is 16.9. The Bertz CT molecular complexity index is 892. The number of fused-ring (bicyclic) bond motifs is 1. The van der Waals surface area contributed by atoms with Crippen LogP contribution in [-0.4, -0.2) is 24.2 Å². The molecule has 1 saturated carbocycles. The normalized spacial score (nSPS) is 20.3. The van der Waals surface area contributed by atoms with E-state index in [1.165, 1.54) is 5.56 Å². The minimum absolute atomic E-state index is 0.386. The number of benzene rings is 2. The molecule has 1 heterocycles. The van der Waals surface area contributed by atoms with E-state index < -0.39 is 0 Å². The van der Waals surface area contributed by atoms with Crippen molar-refractivity contribution in [1.82, 2.24) is 10.3 Å². The summed E-state index contributed by atoms with van der Waals surface area (Å²) in [4.78, 5) is 14.0. The van der Waals surface area contributed by atoms with E-state index in [-0.39, 0.29) is 5.76 Å². The first-order valence-electron chi connectivity index (χ1n) is 9.32. The summed E-state index contributed by atoms with van der Waals surface area (Å²) in [6, 6.07) is 16.5. The van der Waals surface area contributed by atoms with Crippen molar-refractivity contribution in [2.45, 2.75) is 37.6 Å². The molecule has 0 spiro atoms. The van der Waals surface area contributed by atoms with Crippen molar-refractivity contribution < 1.29 is 9.15 Å². The zero-order chi connectivity index (χ0) is 17.8. The predicted molar refractivity (Wildman–Crippen MR) is 102 cm³/mol. The molecule has 5 nitrogen and oxygen atoms in total. The average Bonchev–Trinajstić information content (AvgIpc) is 3.06. The van der Waals surface area contributed by atoms with Crippen LogP contribution in [0.5, 0.6) is 5.75 Å². The highest BCUT2D eigenvalue weighted by atomic mass is 16.5. The molecule has 0 unspecified atom stereocenters. The van der Waals surface area contributed by atoms with Crippen molar-refractivity contribution in [2.24, 2.45) is 0 Å². The molecule has 4 rings (SSSR count). The Morgan fingerprint density at radius 1 is 1.08 bits per heavy atom. The molecule has 1 aliphatic carbocycles. The fraction of sp³-hybridized carbons (Fsp3) is 0.381. The number of oxazole rings is 1. The van der Waals surface area contributed by atoms with Crippen molar-refractivity contribution >= 4 is 11.1 Å². The van der Waals surface area contributed by atoms with Gasteiger partial charge in [-0.05, 0) is 61.4 Å². The van der Waals surface area contributed by atoms with Crippen molar-refractivity contribution in [3.63, 3.8) is 0 Å². The lowest BCUT2D eigenvalue weighted by Crippen LogP contribution is -2.35. The summed E-state index contributed by atoms with van der Waals surface area (Å²) in [5.74, 6) is 1.07. The van der Waals surface area contributed by atoms with Gasteiger partial charge in [-0.25, -0.2) is 4.79 Å². The van der Waals surface area contributed by atoms with Crippen molar-refractivity contribution in [3.8, 4) is 5.75 Å². The summed E-state index contributed by atoms with van der Waals surface area (Å²) in [6.07, 6.45) is 4.62. The molecule has 136 valence electrons. The highest BCUT2D eigenvalue weighted by molar-refractivity contribution is 5.72. The molecule has 1 aromatic heterocycles. The van der Waals surface area contributed by atoms with Gasteiger partial charge in [0.25, 0.3) is 0 Å². The van der Waals surface area contributed by atoms with Crippen LogP contribution in [0.15, 0.2) is 57.7 Å². The molecule has 5 heteroatoms. The van der Waals surface area contributed by atoms with Gasteiger partial charge in [0.2, 0.25) is 0 Å². The van der Waals surface area contributed by atoms with Crippen LogP contribution in [0.3, 0.4) is 0 Å². The van der Waals surface area contributed by atoms with Crippen LogP contribution in [0.1, 0.15) is 37.2 Å². The number of ether oxygens (including phenoxy) is 1. The molecule has 0 aliphatic heterocycles. The number of aromatic amines is 1. The SMILES string of the molecule is O=c1[nH]c2ccc(C3CCC(NCCOc4ccccc4)CC3)cc2o1. The Kier molecular flexibility index (Phi) is 5.07. The van der Waals surface area contributed by atoms with Crippen LogP contribution < -0.4 is 15.8 Å². The van der Waals surface area contributed by atoms with Gasteiger partial charge in [-0.1, -0.05) is 24.3 Å². The zero-order valence-electron chi connectivity index (χ0n) is 14.7. The monoisotopic (exact) mass is 352 g/mol. The Labute approximate surface area is 152 Å². The summed E-state index contributed by atoms with van der Waals surface area (Å²) in [5, 5.41) is 3.61. The van der Waals surface area contributed by atoms with Crippen LogP contribution in [-0.2, 0) is 0 Å². The third-order valence-corrected chi connectivity index (χ3v) is 5.19. The molecule has 0 atom stereocenters. The van der Waals surface area contributed by atoms with Gasteiger partial charge in [-0.15, -0.1) is 0 Å². The fourth-order valence-electron chi connectivity index (χ4n) is 3.80. The average molecular weight is 352 g/mol. The Morgan fingerprint density at radius 2 is 1.88 bits per heavy atom. The molecule has 0 bridgehead atoms. The Morgan fingerprint density at radius 3 is 2.69 bits per heavy atom. The third-order valence-electron chi connectivity index (χ3n) is 5.19. The second kappa shape index (κ2) is 7.79. The van der Waals surface area contributed by atoms with Crippen LogP contribution in [0, 0.1) is 0 Å². The van der Waals surface area contributed by atoms with E-state index in [0.29, 0.717) is 24.1 Å². The lowest BCUT2D eigenvalue weighted by atomic mass is 9.81. The molecule has 1 aliphatic rings.